The zero-order valence-corrected chi connectivity index (χ0v) is 9.85. The monoisotopic (exact) mass is 266 g/mol. The van der Waals surface area contributed by atoms with Crippen molar-refractivity contribution in [2.75, 3.05) is 0 Å². The van der Waals surface area contributed by atoms with Gasteiger partial charge in [-0.1, -0.05) is 39.3 Å². The van der Waals surface area contributed by atoms with Crippen LogP contribution in [0, 0.1) is 0 Å². The van der Waals surface area contributed by atoms with Gasteiger partial charge < -0.3 is 5.21 Å². The van der Waals surface area contributed by atoms with Crippen LogP contribution in [0.15, 0.2) is 52.3 Å². The van der Waals surface area contributed by atoms with Crippen LogP contribution in [0.2, 0.25) is 0 Å². The Balaban J connectivity index is 2.97. The van der Waals surface area contributed by atoms with Crippen LogP contribution < -0.4 is 0 Å². The van der Waals surface area contributed by atoms with E-state index in [2.05, 4.69) is 26.1 Å². The molecule has 0 radical (unpaired) electrons. The van der Waals surface area contributed by atoms with E-state index in [0.717, 1.165) is 4.48 Å². The number of hydrogen-bond acceptors (Lipinski definition) is 3. The summed E-state index contributed by atoms with van der Waals surface area (Å²) in [4.78, 5) is 4.08. The lowest BCUT2D eigenvalue weighted by Gasteiger charge is -1.97. The van der Waals surface area contributed by atoms with Crippen molar-refractivity contribution in [3.8, 4) is 0 Å². The van der Waals surface area contributed by atoms with Gasteiger partial charge in [-0.2, -0.15) is 0 Å². The third kappa shape index (κ3) is 3.67. The first-order valence-corrected chi connectivity index (χ1v) is 5.20. The van der Waals surface area contributed by atoms with Crippen molar-refractivity contribution >= 4 is 21.6 Å². The SMILES string of the molecule is C\C=C/C(Br)=C\C(=N\O)c1ccccn1. The lowest BCUT2D eigenvalue weighted by molar-refractivity contribution is 0.319. The molecule has 1 aromatic heterocycles. The fourth-order valence-corrected chi connectivity index (χ4v) is 1.49. The summed E-state index contributed by atoms with van der Waals surface area (Å²) >= 11 is 3.33. The van der Waals surface area contributed by atoms with Gasteiger partial charge in [0.15, 0.2) is 0 Å². The van der Waals surface area contributed by atoms with E-state index in [1.54, 1.807) is 18.3 Å². The largest absolute Gasteiger partial charge is 0.410 e. The Hall–Kier alpha value is -1.42. The molecule has 0 aliphatic rings. The molecule has 1 N–H and O–H groups in total. The van der Waals surface area contributed by atoms with Crippen molar-refractivity contribution in [2.45, 2.75) is 6.92 Å². The van der Waals surface area contributed by atoms with E-state index in [-0.39, 0.29) is 0 Å². The number of allylic oxidation sites excluding steroid dienone is 4. The number of halogens is 1. The van der Waals surface area contributed by atoms with Gasteiger partial charge in [-0.05, 0) is 25.1 Å². The summed E-state index contributed by atoms with van der Waals surface area (Å²) in [5.41, 5.74) is 1.04. The highest BCUT2D eigenvalue weighted by Gasteiger charge is 2.01. The van der Waals surface area contributed by atoms with Gasteiger partial charge in [0.25, 0.3) is 0 Å². The molecule has 1 aromatic rings. The van der Waals surface area contributed by atoms with E-state index in [4.69, 9.17) is 5.21 Å². The molecule has 0 aliphatic carbocycles. The van der Waals surface area contributed by atoms with Crippen molar-refractivity contribution in [3.05, 3.63) is 52.8 Å². The Kier molecular flexibility index (Phi) is 4.77. The van der Waals surface area contributed by atoms with Crippen LogP contribution in [0.3, 0.4) is 0 Å². The summed E-state index contributed by atoms with van der Waals surface area (Å²) in [6, 6.07) is 5.43. The Labute approximate surface area is 97.0 Å². The molecule has 1 heterocycles. The maximum atomic E-state index is 8.86. The van der Waals surface area contributed by atoms with Gasteiger partial charge >= 0.3 is 0 Å². The molecular weight excluding hydrogens is 256 g/mol. The fourth-order valence-electron chi connectivity index (χ4n) is 1.01. The smallest absolute Gasteiger partial charge is 0.129 e. The van der Waals surface area contributed by atoms with Gasteiger partial charge in [-0.15, -0.1) is 0 Å². The number of nitrogens with zero attached hydrogens (tertiary/aromatic N) is 2. The van der Waals surface area contributed by atoms with Crippen LogP contribution in [-0.4, -0.2) is 15.9 Å². The minimum absolute atomic E-state index is 0.417. The zero-order chi connectivity index (χ0) is 11.1. The molecule has 0 fully saturated rings. The fraction of sp³-hybridized carbons (Fsp3) is 0.0909. The molecule has 0 saturated heterocycles. The highest BCUT2D eigenvalue weighted by molar-refractivity contribution is 9.11. The normalized spacial score (nSPS) is 13.5. The maximum Gasteiger partial charge on any atom is 0.129 e. The Morgan fingerprint density at radius 1 is 1.53 bits per heavy atom. The van der Waals surface area contributed by atoms with Crippen molar-refractivity contribution in [3.63, 3.8) is 0 Å². The molecule has 3 nitrogen and oxygen atoms in total. The number of rotatable bonds is 3. The average molecular weight is 267 g/mol. The number of hydrogen-bond donors (Lipinski definition) is 1. The van der Waals surface area contributed by atoms with Crippen LogP contribution in [0.4, 0.5) is 0 Å². The van der Waals surface area contributed by atoms with Gasteiger partial charge in [0.2, 0.25) is 0 Å². The second kappa shape index (κ2) is 6.14. The van der Waals surface area contributed by atoms with Gasteiger partial charge in [-0.3, -0.25) is 4.98 Å². The Morgan fingerprint density at radius 2 is 2.33 bits per heavy atom. The predicted octanol–water partition coefficient (Wildman–Crippen LogP) is 3.11. The number of pyridine rings is 1. The Bertz CT molecular complexity index is 396. The molecule has 78 valence electrons. The lowest BCUT2D eigenvalue weighted by atomic mass is 10.2. The quantitative estimate of drug-likeness (QED) is 0.396. The average Bonchev–Trinajstić information content (AvgIpc) is 2.27. The molecule has 0 spiro atoms. The van der Waals surface area contributed by atoms with Gasteiger partial charge in [0.05, 0.1) is 5.69 Å². The molecule has 0 atom stereocenters. The number of aromatic nitrogens is 1. The third-order valence-corrected chi connectivity index (χ3v) is 2.13. The molecule has 15 heavy (non-hydrogen) atoms. The Morgan fingerprint density at radius 3 is 2.87 bits per heavy atom. The highest BCUT2D eigenvalue weighted by atomic mass is 79.9. The maximum absolute atomic E-state index is 8.86. The second-order valence-corrected chi connectivity index (χ2v) is 3.65. The van der Waals surface area contributed by atoms with E-state index < -0.39 is 0 Å². The van der Waals surface area contributed by atoms with E-state index in [1.807, 2.05) is 31.2 Å². The van der Waals surface area contributed by atoms with Crippen LogP contribution in [0.5, 0.6) is 0 Å². The molecule has 1 rings (SSSR count). The molecule has 0 saturated carbocycles. The van der Waals surface area contributed by atoms with Crippen LogP contribution in [-0.2, 0) is 0 Å². The molecule has 0 aromatic carbocycles. The van der Waals surface area contributed by atoms with Crippen molar-refractivity contribution in [1.29, 1.82) is 0 Å². The summed E-state index contributed by atoms with van der Waals surface area (Å²) in [6.45, 7) is 1.91. The second-order valence-electron chi connectivity index (χ2n) is 2.73. The lowest BCUT2D eigenvalue weighted by Crippen LogP contribution is -1.99. The summed E-state index contributed by atoms with van der Waals surface area (Å²) < 4.78 is 0.823. The molecule has 0 bridgehead atoms. The minimum atomic E-state index is 0.417. The third-order valence-electron chi connectivity index (χ3n) is 1.64. The van der Waals surface area contributed by atoms with E-state index in [0.29, 0.717) is 11.4 Å². The molecule has 0 unspecified atom stereocenters. The first kappa shape index (κ1) is 11.7. The minimum Gasteiger partial charge on any atom is -0.410 e. The van der Waals surface area contributed by atoms with E-state index >= 15 is 0 Å². The molecule has 4 heteroatoms. The van der Waals surface area contributed by atoms with Crippen LogP contribution in [0.25, 0.3) is 0 Å². The predicted molar refractivity (Wildman–Crippen MR) is 64.4 cm³/mol. The highest BCUT2D eigenvalue weighted by Crippen LogP contribution is 2.09. The van der Waals surface area contributed by atoms with Crippen molar-refractivity contribution < 1.29 is 5.21 Å². The molecular formula is C11H11BrN2O. The molecule has 0 aliphatic heterocycles. The first-order valence-electron chi connectivity index (χ1n) is 4.41. The van der Waals surface area contributed by atoms with Gasteiger partial charge in [-0.25, -0.2) is 0 Å². The zero-order valence-electron chi connectivity index (χ0n) is 8.26. The van der Waals surface area contributed by atoms with E-state index in [1.165, 1.54) is 0 Å². The summed E-state index contributed by atoms with van der Waals surface area (Å²) in [5.74, 6) is 0. The van der Waals surface area contributed by atoms with Crippen LogP contribution >= 0.6 is 15.9 Å². The molecule has 0 amide bonds. The standard InChI is InChI=1S/C11H11BrN2O/c1-2-5-9(12)8-11(14-15)10-6-3-4-7-13-10/h2-8,15H,1H3/b5-2-,9-8+,14-11-. The van der Waals surface area contributed by atoms with Gasteiger partial charge in [0, 0.05) is 10.7 Å². The van der Waals surface area contributed by atoms with Gasteiger partial charge in [0.1, 0.15) is 5.71 Å². The summed E-state index contributed by atoms with van der Waals surface area (Å²) in [7, 11) is 0. The van der Waals surface area contributed by atoms with Crippen molar-refractivity contribution in [2.24, 2.45) is 5.16 Å². The van der Waals surface area contributed by atoms with Crippen molar-refractivity contribution in [1.82, 2.24) is 4.98 Å². The topological polar surface area (TPSA) is 45.5 Å². The van der Waals surface area contributed by atoms with Crippen LogP contribution in [0.1, 0.15) is 12.6 Å². The first-order chi connectivity index (χ1) is 7.27. The van der Waals surface area contributed by atoms with E-state index in [9.17, 15) is 0 Å². The number of oxime groups is 1. The summed E-state index contributed by atoms with van der Waals surface area (Å²) in [5, 5.41) is 12.0. The summed E-state index contributed by atoms with van der Waals surface area (Å²) in [6.07, 6.45) is 7.09.